The van der Waals surface area contributed by atoms with Crippen LogP contribution in [-0.2, 0) is 9.53 Å². The Morgan fingerprint density at radius 3 is 3.29 bits per heavy atom. The fraction of sp³-hybridized carbons (Fsp3) is 0.533. The lowest BCUT2D eigenvalue weighted by Gasteiger charge is -2.33. The van der Waals surface area contributed by atoms with Crippen molar-refractivity contribution in [1.82, 2.24) is 15.0 Å². The maximum Gasteiger partial charge on any atom is 0.305 e. The van der Waals surface area contributed by atoms with Gasteiger partial charge in [-0.15, -0.1) is 0 Å². The molecule has 1 saturated heterocycles. The molecule has 0 radical (unpaired) electrons. The van der Waals surface area contributed by atoms with Gasteiger partial charge in [0, 0.05) is 25.7 Å². The number of H-pyrrole nitrogens is 1. The molecule has 3 rings (SSSR count). The van der Waals surface area contributed by atoms with E-state index < -0.39 is 0 Å². The number of hydrogen-bond donors (Lipinski definition) is 1. The van der Waals surface area contributed by atoms with Crippen molar-refractivity contribution >= 4 is 22.8 Å². The zero-order valence-electron chi connectivity index (χ0n) is 12.2. The molecule has 0 bridgehead atoms. The minimum absolute atomic E-state index is 0.123. The summed E-state index contributed by atoms with van der Waals surface area (Å²) in [5.41, 5.74) is 0.872. The van der Waals surface area contributed by atoms with Gasteiger partial charge < -0.3 is 14.6 Å². The van der Waals surface area contributed by atoms with Gasteiger partial charge in [0.15, 0.2) is 0 Å². The molecule has 0 aromatic carbocycles. The zero-order valence-corrected chi connectivity index (χ0v) is 12.2. The second kappa shape index (κ2) is 6.11. The summed E-state index contributed by atoms with van der Waals surface area (Å²) in [6, 6.07) is 2.02. The minimum atomic E-state index is -0.123. The molecule has 1 N–H and O–H groups in total. The van der Waals surface area contributed by atoms with E-state index in [4.69, 9.17) is 4.74 Å². The lowest BCUT2D eigenvalue weighted by atomic mass is 9.93. The molecule has 112 valence electrons. The number of nitrogens with one attached hydrogen (secondary N) is 1. The molecule has 1 aliphatic rings. The Balaban J connectivity index is 1.71. The van der Waals surface area contributed by atoms with E-state index >= 15 is 0 Å². The quantitative estimate of drug-likeness (QED) is 0.873. The van der Waals surface area contributed by atoms with Gasteiger partial charge >= 0.3 is 5.97 Å². The van der Waals surface area contributed by atoms with Crippen LogP contribution < -0.4 is 4.90 Å². The average Bonchev–Trinajstić information content (AvgIpc) is 3.01. The van der Waals surface area contributed by atoms with Crippen LogP contribution in [-0.4, -0.2) is 41.1 Å². The number of carbonyl (C=O) groups is 1. The molecule has 6 heteroatoms. The number of anilines is 1. The lowest BCUT2D eigenvalue weighted by Crippen LogP contribution is -2.36. The number of nitrogens with zero attached hydrogens (tertiary/aromatic N) is 3. The highest BCUT2D eigenvalue weighted by Gasteiger charge is 2.23. The first-order valence-electron chi connectivity index (χ1n) is 7.38. The van der Waals surface area contributed by atoms with Crippen LogP contribution in [0.3, 0.4) is 0 Å². The number of methoxy groups -OCH3 is 1. The van der Waals surface area contributed by atoms with Gasteiger partial charge in [0.25, 0.3) is 0 Å². The SMILES string of the molecule is COC(=O)CCC1CCCN(c2ncnc3[nH]ccc23)C1. The van der Waals surface area contributed by atoms with Crippen LogP contribution in [0.1, 0.15) is 25.7 Å². The standard InChI is InChI=1S/C15H20N4O2/c1-21-13(20)5-4-11-3-2-8-19(9-11)15-12-6-7-16-14(12)17-10-18-15/h6-7,10-11H,2-5,8-9H2,1H3,(H,16,17,18). The van der Waals surface area contributed by atoms with Gasteiger partial charge in [0.05, 0.1) is 12.5 Å². The van der Waals surface area contributed by atoms with Crippen LogP contribution in [0.15, 0.2) is 18.6 Å². The maximum absolute atomic E-state index is 11.3. The lowest BCUT2D eigenvalue weighted by molar-refractivity contribution is -0.140. The molecule has 1 atom stereocenters. The average molecular weight is 288 g/mol. The smallest absolute Gasteiger partial charge is 0.305 e. The van der Waals surface area contributed by atoms with Crippen molar-refractivity contribution in [3.8, 4) is 0 Å². The van der Waals surface area contributed by atoms with Crippen LogP contribution in [0.2, 0.25) is 0 Å². The number of hydrogen-bond acceptors (Lipinski definition) is 5. The Morgan fingerprint density at radius 1 is 1.52 bits per heavy atom. The number of piperidine rings is 1. The molecule has 6 nitrogen and oxygen atoms in total. The Hall–Kier alpha value is -2.11. The van der Waals surface area contributed by atoms with Gasteiger partial charge in [0.1, 0.15) is 17.8 Å². The zero-order chi connectivity index (χ0) is 14.7. The molecule has 0 spiro atoms. The van der Waals surface area contributed by atoms with Gasteiger partial charge in [-0.05, 0) is 31.2 Å². The van der Waals surface area contributed by atoms with E-state index in [1.54, 1.807) is 6.33 Å². The summed E-state index contributed by atoms with van der Waals surface area (Å²) in [4.78, 5) is 25.4. The first kappa shape index (κ1) is 13.9. The minimum Gasteiger partial charge on any atom is -0.469 e. The van der Waals surface area contributed by atoms with Crippen LogP contribution in [0, 0.1) is 5.92 Å². The molecule has 1 fully saturated rings. The van der Waals surface area contributed by atoms with E-state index in [1.807, 2.05) is 12.3 Å². The molecule has 21 heavy (non-hydrogen) atoms. The summed E-state index contributed by atoms with van der Waals surface area (Å²) in [6.45, 7) is 1.94. The normalized spacial score (nSPS) is 18.9. The van der Waals surface area contributed by atoms with Crippen molar-refractivity contribution in [3.63, 3.8) is 0 Å². The molecule has 1 unspecified atom stereocenters. The van der Waals surface area contributed by atoms with E-state index in [9.17, 15) is 4.79 Å². The Bertz CT molecular complexity index is 625. The molecule has 2 aromatic rings. The monoisotopic (exact) mass is 288 g/mol. The number of esters is 1. The van der Waals surface area contributed by atoms with E-state index in [0.29, 0.717) is 12.3 Å². The maximum atomic E-state index is 11.3. The van der Waals surface area contributed by atoms with Crippen molar-refractivity contribution in [2.45, 2.75) is 25.7 Å². The fourth-order valence-corrected chi connectivity index (χ4v) is 3.03. The van der Waals surface area contributed by atoms with Gasteiger partial charge in [0.2, 0.25) is 0 Å². The van der Waals surface area contributed by atoms with E-state index in [-0.39, 0.29) is 5.97 Å². The molecular formula is C15H20N4O2. The topological polar surface area (TPSA) is 71.1 Å². The summed E-state index contributed by atoms with van der Waals surface area (Å²) in [5, 5.41) is 1.06. The highest BCUT2D eigenvalue weighted by Crippen LogP contribution is 2.28. The molecule has 0 aliphatic carbocycles. The van der Waals surface area contributed by atoms with E-state index in [0.717, 1.165) is 49.2 Å². The third kappa shape index (κ3) is 2.99. The van der Waals surface area contributed by atoms with E-state index in [1.165, 1.54) is 7.11 Å². The number of ether oxygens (including phenoxy) is 1. The predicted octanol–water partition coefficient (Wildman–Crippen LogP) is 2.13. The van der Waals surface area contributed by atoms with Crippen molar-refractivity contribution in [2.75, 3.05) is 25.1 Å². The Kier molecular flexibility index (Phi) is 4.03. The Morgan fingerprint density at radius 2 is 2.43 bits per heavy atom. The number of aromatic nitrogens is 3. The van der Waals surface area contributed by atoms with Crippen LogP contribution in [0.25, 0.3) is 11.0 Å². The molecule has 1 aliphatic heterocycles. The van der Waals surface area contributed by atoms with Crippen LogP contribution >= 0.6 is 0 Å². The highest BCUT2D eigenvalue weighted by atomic mass is 16.5. The van der Waals surface area contributed by atoms with Gasteiger partial charge in [-0.1, -0.05) is 0 Å². The largest absolute Gasteiger partial charge is 0.469 e. The highest BCUT2D eigenvalue weighted by molar-refractivity contribution is 5.87. The van der Waals surface area contributed by atoms with E-state index in [2.05, 4.69) is 19.9 Å². The second-order valence-electron chi connectivity index (χ2n) is 5.51. The van der Waals surface area contributed by atoms with Crippen molar-refractivity contribution < 1.29 is 9.53 Å². The number of aromatic amines is 1. The first-order chi connectivity index (χ1) is 10.3. The summed E-state index contributed by atoms with van der Waals surface area (Å²) in [5.74, 6) is 1.38. The molecule has 0 amide bonds. The van der Waals surface area contributed by atoms with Crippen molar-refractivity contribution in [1.29, 1.82) is 0 Å². The number of rotatable bonds is 4. The van der Waals surface area contributed by atoms with Gasteiger partial charge in [-0.3, -0.25) is 4.79 Å². The Labute approximate surface area is 123 Å². The third-order valence-electron chi connectivity index (χ3n) is 4.14. The van der Waals surface area contributed by atoms with Crippen LogP contribution in [0.4, 0.5) is 5.82 Å². The summed E-state index contributed by atoms with van der Waals surface area (Å²) < 4.78 is 4.72. The molecule has 0 saturated carbocycles. The predicted molar refractivity (Wildman–Crippen MR) is 80.1 cm³/mol. The number of carbonyl (C=O) groups excluding carboxylic acids is 1. The van der Waals surface area contributed by atoms with Crippen molar-refractivity contribution in [3.05, 3.63) is 18.6 Å². The van der Waals surface area contributed by atoms with Gasteiger partial charge in [-0.2, -0.15) is 0 Å². The molecule has 2 aromatic heterocycles. The summed E-state index contributed by atoms with van der Waals surface area (Å²) in [7, 11) is 1.44. The molecule has 3 heterocycles. The van der Waals surface area contributed by atoms with Gasteiger partial charge in [-0.25, -0.2) is 9.97 Å². The summed E-state index contributed by atoms with van der Waals surface area (Å²) >= 11 is 0. The van der Waals surface area contributed by atoms with Crippen LogP contribution in [0.5, 0.6) is 0 Å². The molecular weight excluding hydrogens is 268 g/mol. The third-order valence-corrected chi connectivity index (χ3v) is 4.14. The van der Waals surface area contributed by atoms with Crippen molar-refractivity contribution in [2.24, 2.45) is 5.92 Å². The summed E-state index contributed by atoms with van der Waals surface area (Å²) in [6.07, 6.45) is 7.16. The first-order valence-corrected chi connectivity index (χ1v) is 7.38. The second-order valence-corrected chi connectivity index (χ2v) is 5.51. The fourth-order valence-electron chi connectivity index (χ4n) is 3.03. The number of fused-ring (bicyclic) bond motifs is 1.